The second kappa shape index (κ2) is 5.74. The molecule has 1 aliphatic carbocycles. The lowest BCUT2D eigenvalue weighted by atomic mass is 9.94. The van der Waals surface area contributed by atoms with Gasteiger partial charge in [-0.15, -0.1) is 0 Å². The number of aryl methyl sites for hydroxylation is 1. The van der Waals surface area contributed by atoms with Crippen LogP contribution in [-0.2, 0) is 18.3 Å². The first-order valence-electron chi connectivity index (χ1n) is 6.39. The zero-order valence-electron chi connectivity index (χ0n) is 11.1. The molecule has 0 amide bonds. The first-order chi connectivity index (χ1) is 9.08. The third-order valence-electron chi connectivity index (χ3n) is 4.02. The zero-order chi connectivity index (χ0) is 14.0. The summed E-state index contributed by atoms with van der Waals surface area (Å²) in [6.07, 6.45) is 4.95. The molecule has 3 atom stereocenters. The van der Waals surface area contributed by atoms with Crippen LogP contribution in [0.5, 0.6) is 0 Å². The van der Waals surface area contributed by atoms with E-state index < -0.39 is 0 Å². The lowest BCUT2D eigenvalue weighted by Gasteiger charge is -2.12. The molecule has 0 aromatic carbocycles. The molecule has 1 aromatic heterocycles. The first-order valence-corrected chi connectivity index (χ1v) is 6.77. The predicted molar refractivity (Wildman–Crippen MR) is 72.7 cm³/mol. The van der Waals surface area contributed by atoms with Gasteiger partial charge in [0.1, 0.15) is 6.29 Å². The highest BCUT2D eigenvalue weighted by atomic mass is 35.5. The summed E-state index contributed by atoms with van der Waals surface area (Å²) in [7, 11) is 1.85. The average Bonchev–Trinajstić information content (AvgIpc) is 3.07. The van der Waals surface area contributed by atoms with Gasteiger partial charge in [0, 0.05) is 25.6 Å². The summed E-state index contributed by atoms with van der Waals surface area (Å²) < 4.78 is 1.76. The molecule has 0 bridgehead atoms. The van der Waals surface area contributed by atoms with Gasteiger partial charge in [0.2, 0.25) is 0 Å². The molecule has 104 valence electrons. The van der Waals surface area contributed by atoms with E-state index in [1.54, 1.807) is 4.68 Å². The molecule has 1 saturated carbocycles. The molecule has 6 heteroatoms. The minimum Gasteiger partial charge on any atom is -0.410 e. The Bertz CT molecular complexity index is 498. The van der Waals surface area contributed by atoms with Crippen molar-refractivity contribution in [2.45, 2.75) is 32.1 Å². The number of aldehydes is 1. The minimum absolute atomic E-state index is 0.150. The number of hydrogen-bond acceptors (Lipinski definition) is 4. The molecule has 0 spiro atoms. The third-order valence-corrected chi connectivity index (χ3v) is 4.23. The van der Waals surface area contributed by atoms with E-state index in [2.05, 4.69) is 17.2 Å². The number of hydrogen-bond donors (Lipinski definition) is 1. The summed E-state index contributed by atoms with van der Waals surface area (Å²) in [6.45, 7) is 2.15. The van der Waals surface area contributed by atoms with Gasteiger partial charge in [-0.3, -0.25) is 4.68 Å². The Labute approximate surface area is 117 Å². The van der Waals surface area contributed by atoms with Gasteiger partial charge in [-0.2, -0.15) is 5.10 Å². The summed E-state index contributed by atoms with van der Waals surface area (Å²) in [5.74, 6) is 1.39. The fourth-order valence-corrected chi connectivity index (χ4v) is 2.89. The van der Waals surface area contributed by atoms with E-state index in [1.165, 1.54) is 0 Å². The Morgan fingerprint density at radius 2 is 2.53 bits per heavy atom. The second-order valence-electron chi connectivity index (χ2n) is 5.17. The SMILES string of the molecule is C[C@@H](c1cnn(C)c1C/C(Cl)=N/O)C1CC1CC=O. The maximum Gasteiger partial charge on any atom is 0.151 e. The quantitative estimate of drug-likeness (QED) is 0.377. The van der Waals surface area contributed by atoms with Crippen molar-refractivity contribution in [1.82, 2.24) is 9.78 Å². The van der Waals surface area contributed by atoms with Crippen LogP contribution in [0.2, 0.25) is 0 Å². The summed E-state index contributed by atoms with van der Waals surface area (Å²) in [5, 5.41) is 16.1. The van der Waals surface area contributed by atoms with Gasteiger partial charge in [0.05, 0.1) is 6.20 Å². The number of nitrogens with zero attached hydrogens (tertiary/aromatic N) is 3. The summed E-state index contributed by atoms with van der Waals surface area (Å²) in [5.41, 5.74) is 2.09. The molecule has 1 N–H and O–H groups in total. The molecule has 1 heterocycles. The van der Waals surface area contributed by atoms with Gasteiger partial charge in [-0.25, -0.2) is 0 Å². The van der Waals surface area contributed by atoms with Crippen LogP contribution in [0.4, 0.5) is 0 Å². The lowest BCUT2D eigenvalue weighted by Crippen LogP contribution is -2.08. The molecule has 0 aliphatic heterocycles. The molecule has 1 aromatic rings. The Morgan fingerprint density at radius 3 is 3.16 bits per heavy atom. The van der Waals surface area contributed by atoms with Gasteiger partial charge >= 0.3 is 0 Å². The fraction of sp³-hybridized carbons (Fsp3) is 0.615. The van der Waals surface area contributed by atoms with Crippen LogP contribution in [-0.4, -0.2) is 26.4 Å². The van der Waals surface area contributed by atoms with E-state index in [0.29, 0.717) is 30.6 Å². The highest BCUT2D eigenvalue weighted by Gasteiger charge is 2.41. The van der Waals surface area contributed by atoms with Crippen LogP contribution in [0.15, 0.2) is 11.4 Å². The van der Waals surface area contributed by atoms with Crippen molar-refractivity contribution < 1.29 is 10.0 Å². The van der Waals surface area contributed by atoms with Crippen LogP contribution in [0.3, 0.4) is 0 Å². The summed E-state index contributed by atoms with van der Waals surface area (Å²) in [4.78, 5) is 10.5. The maximum atomic E-state index is 10.5. The van der Waals surface area contributed by atoms with Crippen LogP contribution < -0.4 is 0 Å². The van der Waals surface area contributed by atoms with Crippen molar-refractivity contribution in [3.05, 3.63) is 17.5 Å². The maximum absolute atomic E-state index is 10.5. The average molecular weight is 284 g/mol. The third kappa shape index (κ3) is 2.97. The normalized spacial score (nSPS) is 24.3. The van der Waals surface area contributed by atoms with E-state index in [1.807, 2.05) is 13.2 Å². The number of rotatable bonds is 6. The Balaban J connectivity index is 2.14. The topological polar surface area (TPSA) is 67.5 Å². The molecule has 19 heavy (non-hydrogen) atoms. The largest absolute Gasteiger partial charge is 0.410 e. The molecule has 2 unspecified atom stereocenters. The molecular weight excluding hydrogens is 266 g/mol. The number of carbonyl (C=O) groups excluding carboxylic acids is 1. The van der Waals surface area contributed by atoms with E-state index >= 15 is 0 Å². The van der Waals surface area contributed by atoms with E-state index in [9.17, 15) is 4.79 Å². The predicted octanol–water partition coefficient (Wildman–Crippen LogP) is 2.32. The standard InChI is InChI=1S/C13H18ClN3O2/c1-8(10-5-9(10)3-4-18)11-7-15-17(2)12(11)6-13(14)16-19/h4,7-10,19H,3,5-6H2,1-2H3/b16-13-/t8-,9?,10?/m1/s1. The summed E-state index contributed by atoms with van der Waals surface area (Å²) >= 11 is 5.79. The first kappa shape index (κ1) is 14.1. The number of halogens is 1. The van der Waals surface area contributed by atoms with Gasteiger partial charge < -0.3 is 10.0 Å². The molecule has 1 fully saturated rings. The van der Waals surface area contributed by atoms with Crippen molar-refractivity contribution in [1.29, 1.82) is 0 Å². The van der Waals surface area contributed by atoms with E-state index in [4.69, 9.17) is 16.8 Å². The van der Waals surface area contributed by atoms with E-state index in [0.717, 1.165) is 24.0 Å². The Kier molecular flexibility index (Phi) is 4.24. The minimum atomic E-state index is 0.150. The van der Waals surface area contributed by atoms with Crippen molar-refractivity contribution in [3.63, 3.8) is 0 Å². The Morgan fingerprint density at radius 1 is 1.79 bits per heavy atom. The number of carbonyl (C=O) groups is 1. The monoisotopic (exact) mass is 283 g/mol. The van der Waals surface area contributed by atoms with Crippen LogP contribution >= 0.6 is 11.6 Å². The number of oxime groups is 1. The van der Waals surface area contributed by atoms with Crippen LogP contribution in [0, 0.1) is 11.8 Å². The van der Waals surface area contributed by atoms with Gasteiger partial charge in [-0.05, 0) is 29.7 Å². The smallest absolute Gasteiger partial charge is 0.151 e. The molecule has 2 rings (SSSR count). The van der Waals surface area contributed by atoms with Gasteiger partial charge in [0.15, 0.2) is 5.17 Å². The Hall–Kier alpha value is -1.36. The van der Waals surface area contributed by atoms with Gasteiger partial charge in [0.25, 0.3) is 0 Å². The van der Waals surface area contributed by atoms with Crippen LogP contribution in [0.25, 0.3) is 0 Å². The number of aromatic nitrogens is 2. The van der Waals surface area contributed by atoms with Crippen LogP contribution in [0.1, 0.15) is 36.9 Å². The molecular formula is C13H18ClN3O2. The highest BCUT2D eigenvalue weighted by Crippen LogP contribution is 2.50. The van der Waals surface area contributed by atoms with Crippen molar-refractivity contribution in [2.24, 2.45) is 24.0 Å². The summed E-state index contributed by atoms with van der Waals surface area (Å²) in [6, 6.07) is 0. The second-order valence-corrected chi connectivity index (χ2v) is 5.61. The van der Waals surface area contributed by atoms with Crippen molar-refractivity contribution in [3.8, 4) is 0 Å². The lowest BCUT2D eigenvalue weighted by molar-refractivity contribution is -0.108. The van der Waals surface area contributed by atoms with Gasteiger partial charge in [-0.1, -0.05) is 23.7 Å². The molecule has 0 radical (unpaired) electrons. The van der Waals surface area contributed by atoms with Crippen molar-refractivity contribution in [2.75, 3.05) is 0 Å². The van der Waals surface area contributed by atoms with E-state index in [-0.39, 0.29) is 5.17 Å². The highest BCUT2D eigenvalue weighted by molar-refractivity contribution is 6.65. The van der Waals surface area contributed by atoms with Crippen molar-refractivity contribution >= 4 is 23.1 Å². The molecule has 0 saturated heterocycles. The molecule has 5 nitrogen and oxygen atoms in total. The fourth-order valence-electron chi connectivity index (χ4n) is 2.76. The molecule has 1 aliphatic rings. The zero-order valence-corrected chi connectivity index (χ0v) is 11.8.